The van der Waals surface area contributed by atoms with Crippen molar-refractivity contribution in [2.45, 2.75) is 32.2 Å². The first-order valence-corrected chi connectivity index (χ1v) is 6.53. The van der Waals surface area contributed by atoms with Crippen molar-refractivity contribution in [3.8, 4) is 5.75 Å². The summed E-state index contributed by atoms with van der Waals surface area (Å²) >= 11 is 5.86. The number of hydrogen-bond donors (Lipinski definition) is 1. The Morgan fingerprint density at radius 3 is 2.61 bits per heavy atom. The molecule has 1 aromatic heterocycles. The van der Waals surface area contributed by atoms with Crippen LogP contribution in [0, 0.1) is 0 Å². The summed E-state index contributed by atoms with van der Waals surface area (Å²) in [6.45, 7) is 2.77. The molecule has 0 amide bonds. The van der Waals surface area contributed by atoms with Gasteiger partial charge in [-0.2, -0.15) is 0 Å². The van der Waals surface area contributed by atoms with Crippen LogP contribution in [0.2, 0.25) is 0 Å². The Morgan fingerprint density at radius 1 is 1.28 bits per heavy atom. The monoisotopic (exact) mass is 265 g/mol. The first-order valence-electron chi connectivity index (χ1n) is 5.99. The summed E-state index contributed by atoms with van der Waals surface area (Å²) in [5.41, 5.74) is 3.04. The van der Waals surface area contributed by atoms with E-state index in [0.717, 1.165) is 29.8 Å². The minimum Gasteiger partial charge on any atom is -0.508 e. The van der Waals surface area contributed by atoms with E-state index >= 15 is 0 Å². The molecule has 0 aliphatic heterocycles. The minimum absolute atomic E-state index is 0.271. The van der Waals surface area contributed by atoms with Crippen LogP contribution in [0.3, 0.4) is 0 Å². The molecular formula is C13H16ClN3O. The third-order valence-corrected chi connectivity index (χ3v) is 3.05. The maximum absolute atomic E-state index is 9.25. The van der Waals surface area contributed by atoms with Crippen molar-refractivity contribution in [1.29, 1.82) is 0 Å². The number of halogens is 1. The fourth-order valence-corrected chi connectivity index (χ4v) is 2.09. The summed E-state index contributed by atoms with van der Waals surface area (Å²) < 4.78 is 1.88. The molecule has 0 spiro atoms. The van der Waals surface area contributed by atoms with Gasteiger partial charge in [0.2, 0.25) is 0 Å². The van der Waals surface area contributed by atoms with Gasteiger partial charge >= 0.3 is 0 Å². The van der Waals surface area contributed by atoms with Crippen molar-refractivity contribution < 1.29 is 5.11 Å². The number of rotatable bonds is 5. The van der Waals surface area contributed by atoms with Crippen LogP contribution in [0.25, 0.3) is 0 Å². The molecule has 0 aliphatic carbocycles. The molecule has 0 aliphatic rings. The van der Waals surface area contributed by atoms with Crippen molar-refractivity contribution >= 4 is 11.6 Å². The molecule has 18 heavy (non-hydrogen) atoms. The smallest absolute Gasteiger partial charge is 0.115 e. The second kappa shape index (κ2) is 5.87. The predicted octanol–water partition coefficient (Wildman–Crippen LogP) is 2.72. The normalized spacial score (nSPS) is 10.8. The highest BCUT2D eigenvalue weighted by atomic mass is 35.5. The zero-order chi connectivity index (χ0) is 13.0. The molecule has 0 bridgehead atoms. The molecule has 0 fully saturated rings. The number of aromatic nitrogens is 3. The highest BCUT2D eigenvalue weighted by Crippen LogP contribution is 2.15. The van der Waals surface area contributed by atoms with Gasteiger partial charge in [-0.1, -0.05) is 30.7 Å². The Kier molecular flexibility index (Phi) is 4.20. The van der Waals surface area contributed by atoms with Crippen LogP contribution in [0.15, 0.2) is 24.3 Å². The second-order valence-electron chi connectivity index (χ2n) is 4.19. The van der Waals surface area contributed by atoms with Gasteiger partial charge in [0.05, 0.1) is 18.1 Å². The Bertz CT molecular complexity index is 507. The Labute approximate surface area is 111 Å². The van der Waals surface area contributed by atoms with Gasteiger partial charge in [0.15, 0.2) is 0 Å². The number of phenols is 1. The first kappa shape index (κ1) is 12.9. The lowest BCUT2D eigenvalue weighted by Crippen LogP contribution is -2.07. The van der Waals surface area contributed by atoms with Crippen LogP contribution in [-0.4, -0.2) is 20.1 Å². The number of phenolic OH excluding ortho intramolecular Hbond substituents is 1. The average molecular weight is 266 g/mol. The van der Waals surface area contributed by atoms with E-state index < -0.39 is 0 Å². The van der Waals surface area contributed by atoms with Crippen LogP contribution >= 0.6 is 11.6 Å². The molecule has 4 nitrogen and oxygen atoms in total. The molecule has 96 valence electrons. The van der Waals surface area contributed by atoms with Gasteiger partial charge in [-0.3, -0.25) is 0 Å². The SMILES string of the molecule is CCCc1c(CCl)nnn1Cc1ccc(O)cc1. The summed E-state index contributed by atoms with van der Waals surface area (Å²) in [6.07, 6.45) is 1.96. The van der Waals surface area contributed by atoms with E-state index in [2.05, 4.69) is 17.2 Å². The number of aromatic hydroxyl groups is 1. The van der Waals surface area contributed by atoms with Crippen LogP contribution in [0.1, 0.15) is 30.3 Å². The van der Waals surface area contributed by atoms with Crippen molar-refractivity contribution in [1.82, 2.24) is 15.0 Å². The maximum Gasteiger partial charge on any atom is 0.115 e. The van der Waals surface area contributed by atoms with Gasteiger partial charge in [0.25, 0.3) is 0 Å². The van der Waals surface area contributed by atoms with E-state index in [4.69, 9.17) is 11.6 Å². The van der Waals surface area contributed by atoms with E-state index in [1.165, 1.54) is 0 Å². The van der Waals surface area contributed by atoms with Crippen LogP contribution in [0.4, 0.5) is 0 Å². The van der Waals surface area contributed by atoms with E-state index in [-0.39, 0.29) is 5.75 Å². The second-order valence-corrected chi connectivity index (χ2v) is 4.46. The van der Waals surface area contributed by atoms with Gasteiger partial charge in [0, 0.05) is 0 Å². The molecule has 0 saturated carbocycles. The largest absolute Gasteiger partial charge is 0.508 e. The zero-order valence-corrected chi connectivity index (χ0v) is 11.1. The molecule has 2 aromatic rings. The van der Waals surface area contributed by atoms with Crippen LogP contribution in [0.5, 0.6) is 5.75 Å². The predicted molar refractivity (Wildman–Crippen MR) is 70.8 cm³/mol. The van der Waals surface area contributed by atoms with Gasteiger partial charge < -0.3 is 5.11 Å². The Hall–Kier alpha value is -1.55. The highest BCUT2D eigenvalue weighted by Gasteiger charge is 2.11. The molecular weight excluding hydrogens is 250 g/mol. The molecule has 1 N–H and O–H groups in total. The summed E-state index contributed by atoms with van der Waals surface area (Å²) in [5, 5.41) is 17.5. The zero-order valence-electron chi connectivity index (χ0n) is 10.3. The Morgan fingerprint density at radius 2 is 2.00 bits per heavy atom. The molecule has 0 unspecified atom stereocenters. The molecule has 5 heteroatoms. The number of nitrogens with zero attached hydrogens (tertiary/aromatic N) is 3. The summed E-state index contributed by atoms with van der Waals surface area (Å²) in [5.74, 6) is 0.665. The molecule has 0 saturated heterocycles. The fraction of sp³-hybridized carbons (Fsp3) is 0.385. The van der Waals surface area contributed by atoms with Crippen molar-refractivity contribution in [3.05, 3.63) is 41.2 Å². The summed E-state index contributed by atoms with van der Waals surface area (Å²) in [7, 11) is 0. The third-order valence-electron chi connectivity index (χ3n) is 2.80. The molecule has 1 aromatic carbocycles. The molecule has 0 radical (unpaired) electrons. The van der Waals surface area contributed by atoms with Crippen molar-refractivity contribution in [2.24, 2.45) is 0 Å². The standard InChI is InChI=1S/C13H16ClN3O/c1-2-3-13-12(8-14)15-16-17(13)9-10-4-6-11(18)7-5-10/h4-7,18H,2-3,8-9H2,1H3. The van der Waals surface area contributed by atoms with Gasteiger partial charge in [-0.25, -0.2) is 4.68 Å². The third kappa shape index (κ3) is 2.82. The van der Waals surface area contributed by atoms with Gasteiger partial charge in [0.1, 0.15) is 11.4 Å². The molecule has 0 atom stereocenters. The van der Waals surface area contributed by atoms with Crippen LogP contribution < -0.4 is 0 Å². The maximum atomic E-state index is 9.25. The molecule has 2 rings (SSSR count). The topological polar surface area (TPSA) is 50.9 Å². The van der Waals surface area contributed by atoms with E-state index in [0.29, 0.717) is 12.4 Å². The minimum atomic E-state index is 0.271. The van der Waals surface area contributed by atoms with E-state index in [9.17, 15) is 5.11 Å². The lowest BCUT2D eigenvalue weighted by atomic mass is 10.2. The van der Waals surface area contributed by atoms with Crippen LogP contribution in [-0.2, 0) is 18.8 Å². The lowest BCUT2D eigenvalue weighted by Gasteiger charge is -2.06. The first-order chi connectivity index (χ1) is 8.74. The summed E-state index contributed by atoms with van der Waals surface area (Å²) in [4.78, 5) is 0. The summed E-state index contributed by atoms with van der Waals surface area (Å²) in [6, 6.07) is 7.11. The van der Waals surface area contributed by atoms with Gasteiger partial charge in [-0.05, 0) is 24.1 Å². The van der Waals surface area contributed by atoms with Crippen molar-refractivity contribution in [3.63, 3.8) is 0 Å². The van der Waals surface area contributed by atoms with Crippen molar-refractivity contribution in [2.75, 3.05) is 0 Å². The number of alkyl halides is 1. The highest BCUT2D eigenvalue weighted by molar-refractivity contribution is 6.16. The van der Waals surface area contributed by atoms with E-state index in [1.54, 1.807) is 12.1 Å². The number of hydrogen-bond acceptors (Lipinski definition) is 3. The quantitative estimate of drug-likeness (QED) is 0.846. The average Bonchev–Trinajstić information content (AvgIpc) is 2.75. The fourth-order valence-electron chi connectivity index (χ4n) is 1.88. The molecule has 1 heterocycles. The van der Waals surface area contributed by atoms with E-state index in [1.807, 2.05) is 16.8 Å². The number of benzene rings is 1. The lowest BCUT2D eigenvalue weighted by molar-refractivity contribution is 0.475. The van der Waals surface area contributed by atoms with Gasteiger partial charge in [-0.15, -0.1) is 16.7 Å². The Balaban J connectivity index is 2.22.